The molecule has 1 unspecified atom stereocenters. The normalized spacial score (nSPS) is 16.8. The molecule has 0 fully saturated rings. The van der Waals surface area contributed by atoms with E-state index in [9.17, 15) is 4.57 Å². The third kappa shape index (κ3) is 5.59. The lowest BCUT2D eigenvalue weighted by atomic mass is 10.5. The molecule has 0 amide bonds. The van der Waals surface area contributed by atoms with E-state index >= 15 is 0 Å². The van der Waals surface area contributed by atoms with Crippen molar-refractivity contribution < 1.29 is 13.3 Å². The Morgan fingerprint density at radius 3 is 1.88 bits per heavy atom. The van der Waals surface area contributed by atoms with E-state index in [0.717, 1.165) is 0 Å². The minimum Gasteiger partial charge on any atom is -0.339 e. The summed E-state index contributed by atoms with van der Waals surface area (Å²) in [4.78, 5) is 0. The van der Waals surface area contributed by atoms with Gasteiger partial charge in [0.2, 0.25) is 0 Å². The quantitative estimate of drug-likeness (QED) is 0.520. The molecule has 98 valence electrons. The Morgan fingerprint density at radius 1 is 1.19 bits per heavy atom. The Labute approximate surface area is 101 Å². The van der Waals surface area contributed by atoms with Crippen LogP contribution in [0.4, 0.5) is 0 Å². The standard InChI is InChI=1S/C10H26NO3PSi/c1-8-11(9-2)15(12,13-10(3)4)14-16(5,6)7/h10H,8-9H2,1-7H3. The maximum Gasteiger partial charge on any atom is 0.398 e. The fraction of sp³-hybridized carbons (Fsp3) is 1.00. The predicted octanol–water partition coefficient (Wildman–Crippen LogP) is 3.71. The summed E-state index contributed by atoms with van der Waals surface area (Å²) >= 11 is 0. The van der Waals surface area contributed by atoms with E-state index in [2.05, 4.69) is 0 Å². The number of rotatable bonds is 7. The molecule has 6 heteroatoms. The van der Waals surface area contributed by atoms with Gasteiger partial charge in [-0.05, 0) is 33.5 Å². The molecular formula is C10H26NO3PSi. The molecule has 0 saturated heterocycles. The summed E-state index contributed by atoms with van der Waals surface area (Å²) in [6, 6.07) is 0. The predicted molar refractivity (Wildman–Crippen MR) is 71.2 cm³/mol. The van der Waals surface area contributed by atoms with E-state index < -0.39 is 16.1 Å². The molecule has 0 aliphatic carbocycles. The van der Waals surface area contributed by atoms with Crippen LogP contribution in [0.25, 0.3) is 0 Å². The SMILES string of the molecule is CCN(CC)P(=O)(OC(C)C)O[Si](C)(C)C. The molecule has 0 radical (unpaired) electrons. The van der Waals surface area contributed by atoms with E-state index in [1.54, 1.807) is 4.67 Å². The zero-order chi connectivity index (χ0) is 13.0. The first-order valence-corrected chi connectivity index (χ1v) is 10.8. The van der Waals surface area contributed by atoms with Crippen LogP contribution in [-0.2, 0) is 13.3 Å². The van der Waals surface area contributed by atoms with Gasteiger partial charge in [0.1, 0.15) is 0 Å². The second kappa shape index (κ2) is 6.31. The lowest BCUT2D eigenvalue weighted by molar-refractivity contribution is 0.169. The summed E-state index contributed by atoms with van der Waals surface area (Å²) in [5, 5.41) is 0. The molecule has 0 aliphatic rings. The molecule has 0 bridgehead atoms. The van der Waals surface area contributed by atoms with Gasteiger partial charge in [-0.3, -0.25) is 4.52 Å². The van der Waals surface area contributed by atoms with Crippen LogP contribution in [0.1, 0.15) is 27.7 Å². The smallest absolute Gasteiger partial charge is 0.339 e. The van der Waals surface area contributed by atoms with Crippen LogP contribution >= 0.6 is 7.75 Å². The van der Waals surface area contributed by atoms with Gasteiger partial charge in [0.05, 0.1) is 6.10 Å². The molecule has 0 spiro atoms. The maximum atomic E-state index is 12.7. The first kappa shape index (κ1) is 16.3. The average Bonchev–Trinajstić information content (AvgIpc) is 1.99. The summed E-state index contributed by atoms with van der Waals surface area (Å²) in [5.74, 6) is 0. The highest BCUT2D eigenvalue weighted by Crippen LogP contribution is 2.54. The lowest BCUT2D eigenvalue weighted by Crippen LogP contribution is -2.32. The monoisotopic (exact) mass is 267 g/mol. The van der Waals surface area contributed by atoms with Crippen LogP contribution in [0.15, 0.2) is 0 Å². The van der Waals surface area contributed by atoms with Crippen LogP contribution in [0.5, 0.6) is 0 Å². The third-order valence-corrected chi connectivity index (χ3v) is 6.87. The van der Waals surface area contributed by atoms with E-state index in [-0.39, 0.29) is 6.10 Å². The average molecular weight is 267 g/mol. The highest BCUT2D eigenvalue weighted by atomic mass is 31.2. The fourth-order valence-electron chi connectivity index (χ4n) is 1.33. The van der Waals surface area contributed by atoms with Crippen LogP contribution in [0.2, 0.25) is 19.6 Å². The summed E-state index contributed by atoms with van der Waals surface area (Å²) < 4.78 is 25.8. The largest absolute Gasteiger partial charge is 0.398 e. The number of nitrogens with zero attached hydrogens (tertiary/aromatic N) is 1. The van der Waals surface area contributed by atoms with Gasteiger partial charge in [0, 0.05) is 13.1 Å². The molecule has 4 nitrogen and oxygen atoms in total. The van der Waals surface area contributed by atoms with Gasteiger partial charge in [-0.2, -0.15) is 0 Å². The molecule has 0 rings (SSSR count). The lowest BCUT2D eigenvalue weighted by Gasteiger charge is -2.33. The minimum absolute atomic E-state index is 0.0946. The molecule has 0 heterocycles. The zero-order valence-electron chi connectivity index (χ0n) is 11.6. The Bertz CT molecular complexity index is 249. The van der Waals surface area contributed by atoms with Crippen molar-refractivity contribution in [3.63, 3.8) is 0 Å². The van der Waals surface area contributed by atoms with Crippen LogP contribution < -0.4 is 0 Å². The van der Waals surface area contributed by atoms with Gasteiger partial charge in [-0.15, -0.1) is 0 Å². The van der Waals surface area contributed by atoms with Crippen molar-refractivity contribution in [3.05, 3.63) is 0 Å². The van der Waals surface area contributed by atoms with Gasteiger partial charge in [-0.25, -0.2) is 9.24 Å². The first-order valence-electron chi connectivity index (χ1n) is 5.89. The van der Waals surface area contributed by atoms with Gasteiger partial charge in [0.25, 0.3) is 0 Å². The zero-order valence-corrected chi connectivity index (χ0v) is 13.5. The molecule has 0 saturated carbocycles. The van der Waals surface area contributed by atoms with Crippen LogP contribution in [0, 0.1) is 0 Å². The third-order valence-electron chi connectivity index (χ3n) is 1.81. The molecule has 16 heavy (non-hydrogen) atoms. The Morgan fingerprint density at radius 2 is 1.62 bits per heavy atom. The minimum atomic E-state index is -3.11. The van der Waals surface area contributed by atoms with Gasteiger partial charge < -0.3 is 4.21 Å². The summed E-state index contributed by atoms with van der Waals surface area (Å²) in [7, 11) is -5.00. The van der Waals surface area contributed by atoms with E-state index in [1.807, 2.05) is 47.3 Å². The fourth-order valence-corrected chi connectivity index (χ4v) is 6.09. The maximum absolute atomic E-state index is 12.7. The summed E-state index contributed by atoms with van der Waals surface area (Å²) in [6.45, 7) is 15.1. The highest BCUT2D eigenvalue weighted by Gasteiger charge is 2.37. The van der Waals surface area contributed by atoms with Crippen LogP contribution in [-0.4, -0.2) is 32.2 Å². The van der Waals surface area contributed by atoms with Crippen molar-refractivity contribution in [1.82, 2.24) is 4.67 Å². The summed E-state index contributed by atoms with van der Waals surface area (Å²) in [5.41, 5.74) is 0. The molecule has 0 aromatic carbocycles. The van der Waals surface area contributed by atoms with Crippen molar-refractivity contribution >= 4 is 16.1 Å². The molecule has 0 aromatic heterocycles. The second-order valence-electron chi connectivity index (χ2n) is 4.97. The van der Waals surface area contributed by atoms with Gasteiger partial charge in [-0.1, -0.05) is 13.8 Å². The second-order valence-corrected chi connectivity index (χ2v) is 11.6. The molecule has 0 aliphatic heterocycles. The van der Waals surface area contributed by atoms with E-state index in [4.69, 9.17) is 8.74 Å². The summed E-state index contributed by atoms with van der Waals surface area (Å²) in [6.07, 6.45) is -0.0946. The Hall–Kier alpha value is 0.327. The molecule has 1 atom stereocenters. The Kier molecular flexibility index (Phi) is 6.44. The highest BCUT2D eigenvalue weighted by molar-refractivity contribution is 7.53. The number of hydrogen-bond donors (Lipinski definition) is 0. The van der Waals surface area contributed by atoms with Crippen molar-refractivity contribution in [3.8, 4) is 0 Å². The molecular weight excluding hydrogens is 241 g/mol. The van der Waals surface area contributed by atoms with Crippen molar-refractivity contribution in [2.24, 2.45) is 0 Å². The van der Waals surface area contributed by atoms with Crippen molar-refractivity contribution in [1.29, 1.82) is 0 Å². The molecule has 0 aromatic rings. The number of hydrogen-bond acceptors (Lipinski definition) is 3. The van der Waals surface area contributed by atoms with Crippen molar-refractivity contribution in [2.45, 2.75) is 53.4 Å². The first-order chi connectivity index (χ1) is 7.14. The molecule has 0 N–H and O–H groups in total. The van der Waals surface area contributed by atoms with Crippen LogP contribution in [0.3, 0.4) is 0 Å². The van der Waals surface area contributed by atoms with E-state index in [0.29, 0.717) is 13.1 Å². The topological polar surface area (TPSA) is 38.8 Å². The van der Waals surface area contributed by atoms with Crippen molar-refractivity contribution in [2.75, 3.05) is 13.1 Å². The van der Waals surface area contributed by atoms with Gasteiger partial charge in [0.15, 0.2) is 8.32 Å². The van der Waals surface area contributed by atoms with E-state index in [1.165, 1.54) is 0 Å². The Balaban J connectivity index is 4.95. The van der Waals surface area contributed by atoms with Gasteiger partial charge >= 0.3 is 7.75 Å².